The van der Waals surface area contributed by atoms with Crippen LogP contribution in [0.5, 0.6) is 0 Å². The smallest absolute Gasteiger partial charge is 0.147 e. The van der Waals surface area contributed by atoms with Gasteiger partial charge in [-0.05, 0) is 53.1 Å². The summed E-state index contributed by atoms with van der Waals surface area (Å²) in [4.78, 5) is 0. The third-order valence-corrected chi connectivity index (χ3v) is 5.50. The Morgan fingerprint density at radius 2 is 2.41 bits per heavy atom. The molecule has 4 unspecified atom stereocenters. The van der Waals surface area contributed by atoms with Gasteiger partial charge < -0.3 is 15.3 Å². The Balaban J connectivity index is 1.94. The van der Waals surface area contributed by atoms with Crippen molar-refractivity contribution in [3.63, 3.8) is 0 Å². The van der Waals surface area contributed by atoms with Crippen LogP contribution in [-0.2, 0) is 0 Å². The van der Waals surface area contributed by atoms with Crippen molar-refractivity contribution in [2.24, 2.45) is 23.0 Å². The maximum Gasteiger partial charge on any atom is 0.147 e. The summed E-state index contributed by atoms with van der Waals surface area (Å²) in [5.41, 5.74) is 5.83. The van der Waals surface area contributed by atoms with Gasteiger partial charge in [-0.25, -0.2) is 0 Å². The summed E-state index contributed by atoms with van der Waals surface area (Å²) in [6, 6.07) is 1.83. The molecule has 1 aromatic rings. The predicted octanol–water partition coefficient (Wildman–Crippen LogP) is 2.84. The van der Waals surface area contributed by atoms with Crippen molar-refractivity contribution in [2.75, 3.05) is 6.54 Å². The summed E-state index contributed by atoms with van der Waals surface area (Å²) >= 11 is 3.43. The van der Waals surface area contributed by atoms with E-state index in [-0.39, 0.29) is 5.41 Å². The zero-order valence-electron chi connectivity index (χ0n) is 9.73. The van der Waals surface area contributed by atoms with Gasteiger partial charge in [-0.3, -0.25) is 0 Å². The van der Waals surface area contributed by atoms with Crippen LogP contribution in [0.15, 0.2) is 21.2 Å². The van der Waals surface area contributed by atoms with Crippen LogP contribution in [0.3, 0.4) is 0 Å². The van der Waals surface area contributed by atoms with Crippen molar-refractivity contribution in [3.8, 4) is 0 Å². The first-order chi connectivity index (χ1) is 8.17. The molecule has 2 saturated carbocycles. The summed E-state index contributed by atoms with van der Waals surface area (Å²) < 4.78 is 6.27. The van der Waals surface area contributed by atoms with E-state index in [1.165, 1.54) is 19.3 Å². The molecule has 0 radical (unpaired) electrons. The minimum absolute atomic E-state index is 0.163. The molecule has 0 aromatic carbocycles. The highest BCUT2D eigenvalue weighted by Crippen LogP contribution is 2.60. The number of fused-ring (bicyclic) bond motifs is 2. The van der Waals surface area contributed by atoms with Gasteiger partial charge in [0.15, 0.2) is 0 Å². The molecule has 1 heterocycles. The van der Waals surface area contributed by atoms with Gasteiger partial charge >= 0.3 is 0 Å². The molecular weight excluding hydrogens is 282 g/mol. The summed E-state index contributed by atoms with van der Waals surface area (Å²) in [5, 5.41) is 10.7. The second kappa shape index (κ2) is 4.11. The zero-order valence-corrected chi connectivity index (χ0v) is 11.3. The fraction of sp³-hybridized carbons (Fsp3) is 0.692. The first kappa shape index (κ1) is 11.8. The van der Waals surface area contributed by atoms with Gasteiger partial charge in [0.05, 0.1) is 10.7 Å². The van der Waals surface area contributed by atoms with Crippen LogP contribution >= 0.6 is 15.9 Å². The molecular formula is C13H18BrNO2. The minimum atomic E-state index is -0.577. The molecule has 3 N–H and O–H groups in total. The number of aliphatic hydroxyl groups excluding tert-OH is 1. The molecule has 3 nitrogen and oxygen atoms in total. The van der Waals surface area contributed by atoms with Gasteiger partial charge in [0, 0.05) is 12.0 Å². The van der Waals surface area contributed by atoms with Crippen LogP contribution in [0.1, 0.15) is 37.5 Å². The van der Waals surface area contributed by atoms with E-state index in [2.05, 4.69) is 15.9 Å². The molecule has 17 heavy (non-hydrogen) atoms. The third kappa shape index (κ3) is 1.61. The van der Waals surface area contributed by atoms with E-state index >= 15 is 0 Å². The average Bonchev–Trinajstić information content (AvgIpc) is 3.02. The fourth-order valence-electron chi connectivity index (χ4n) is 3.94. The van der Waals surface area contributed by atoms with Crippen LogP contribution in [-0.4, -0.2) is 11.7 Å². The Labute approximate surface area is 110 Å². The Kier molecular flexibility index (Phi) is 2.84. The standard InChI is InChI=1S/C13H18BrNO2/c14-10-3-4-17-11(10)12(16)13(7-15)6-8-1-2-9(13)5-8/h3-4,8-9,12,16H,1-2,5-7,15H2. The topological polar surface area (TPSA) is 59.4 Å². The van der Waals surface area contributed by atoms with Gasteiger partial charge in [0.2, 0.25) is 0 Å². The van der Waals surface area contributed by atoms with Crippen molar-refractivity contribution in [3.05, 3.63) is 22.6 Å². The summed E-state index contributed by atoms with van der Waals surface area (Å²) in [6.45, 7) is 0.544. The van der Waals surface area contributed by atoms with Crippen LogP contribution in [0.25, 0.3) is 0 Å². The Hall–Kier alpha value is -0.320. The largest absolute Gasteiger partial charge is 0.465 e. The lowest BCUT2D eigenvalue weighted by atomic mass is 9.68. The molecule has 0 spiro atoms. The molecule has 2 bridgehead atoms. The van der Waals surface area contributed by atoms with E-state index in [0.29, 0.717) is 18.2 Å². The van der Waals surface area contributed by atoms with Crippen LogP contribution in [0.2, 0.25) is 0 Å². The van der Waals surface area contributed by atoms with Crippen LogP contribution < -0.4 is 5.73 Å². The third-order valence-electron chi connectivity index (χ3n) is 4.84. The number of furan rings is 1. The fourth-order valence-corrected chi connectivity index (χ4v) is 4.36. The minimum Gasteiger partial charge on any atom is -0.465 e. The molecule has 0 saturated heterocycles. The Morgan fingerprint density at radius 1 is 1.59 bits per heavy atom. The van der Waals surface area contributed by atoms with Crippen molar-refractivity contribution in [1.82, 2.24) is 0 Å². The number of rotatable bonds is 3. The maximum absolute atomic E-state index is 10.7. The SMILES string of the molecule is NCC1(C(O)c2occc2Br)CC2CCC1C2. The van der Waals surface area contributed by atoms with Crippen molar-refractivity contribution >= 4 is 15.9 Å². The van der Waals surface area contributed by atoms with Crippen LogP contribution in [0, 0.1) is 17.3 Å². The van der Waals surface area contributed by atoms with E-state index in [1.807, 2.05) is 6.07 Å². The zero-order chi connectivity index (χ0) is 12.0. The Bertz CT molecular complexity index is 419. The molecule has 1 aromatic heterocycles. The molecule has 0 amide bonds. The van der Waals surface area contributed by atoms with E-state index < -0.39 is 6.10 Å². The second-order valence-electron chi connectivity index (χ2n) is 5.55. The molecule has 3 rings (SSSR count). The molecule has 2 aliphatic carbocycles. The van der Waals surface area contributed by atoms with Gasteiger partial charge in [-0.2, -0.15) is 0 Å². The first-order valence-electron chi connectivity index (χ1n) is 6.28. The second-order valence-corrected chi connectivity index (χ2v) is 6.41. The average molecular weight is 300 g/mol. The van der Waals surface area contributed by atoms with Gasteiger partial charge in [-0.15, -0.1) is 0 Å². The maximum atomic E-state index is 10.7. The molecule has 94 valence electrons. The molecule has 4 atom stereocenters. The van der Waals surface area contributed by atoms with Crippen molar-refractivity contribution in [2.45, 2.75) is 31.8 Å². The number of hydrogen-bond acceptors (Lipinski definition) is 3. The normalized spacial score (nSPS) is 37.6. The summed E-state index contributed by atoms with van der Waals surface area (Å²) in [5.74, 6) is 1.96. The number of hydrogen-bond donors (Lipinski definition) is 2. The highest BCUT2D eigenvalue weighted by Gasteiger charge is 2.55. The van der Waals surface area contributed by atoms with Gasteiger partial charge in [0.1, 0.15) is 11.9 Å². The van der Waals surface area contributed by atoms with Crippen molar-refractivity contribution in [1.29, 1.82) is 0 Å². The highest BCUT2D eigenvalue weighted by molar-refractivity contribution is 9.10. The number of nitrogens with two attached hydrogens (primary N) is 1. The number of aliphatic hydroxyl groups is 1. The monoisotopic (exact) mass is 299 g/mol. The van der Waals surface area contributed by atoms with Gasteiger partial charge in [-0.1, -0.05) is 6.42 Å². The molecule has 0 aliphatic heterocycles. The van der Waals surface area contributed by atoms with Gasteiger partial charge in [0.25, 0.3) is 0 Å². The molecule has 2 aliphatic rings. The van der Waals surface area contributed by atoms with Crippen molar-refractivity contribution < 1.29 is 9.52 Å². The Morgan fingerprint density at radius 3 is 2.88 bits per heavy atom. The lowest BCUT2D eigenvalue weighted by Crippen LogP contribution is -2.41. The predicted molar refractivity (Wildman–Crippen MR) is 68.3 cm³/mol. The lowest BCUT2D eigenvalue weighted by molar-refractivity contribution is -0.0265. The lowest BCUT2D eigenvalue weighted by Gasteiger charge is -2.40. The number of halogens is 1. The highest BCUT2D eigenvalue weighted by atomic mass is 79.9. The van der Waals surface area contributed by atoms with E-state index in [0.717, 1.165) is 16.8 Å². The molecule has 2 fully saturated rings. The van der Waals surface area contributed by atoms with E-state index in [1.54, 1.807) is 6.26 Å². The first-order valence-corrected chi connectivity index (χ1v) is 7.07. The van der Waals surface area contributed by atoms with Crippen LogP contribution in [0.4, 0.5) is 0 Å². The molecule has 4 heteroatoms. The summed E-state index contributed by atoms with van der Waals surface area (Å²) in [6.07, 6.45) is 5.82. The summed E-state index contributed by atoms with van der Waals surface area (Å²) in [7, 11) is 0. The quantitative estimate of drug-likeness (QED) is 0.902. The van der Waals surface area contributed by atoms with E-state index in [4.69, 9.17) is 10.2 Å². The van der Waals surface area contributed by atoms with E-state index in [9.17, 15) is 5.11 Å².